The largest absolute Gasteiger partial charge is 0.396 e. The Bertz CT molecular complexity index is 432. The lowest BCUT2D eigenvalue weighted by atomic mass is 9.85. The van der Waals surface area contributed by atoms with Crippen LogP contribution in [0.3, 0.4) is 0 Å². The second kappa shape index (κ2) is 6.77. The lowest BCUT2D eigenvalue weighted by Gasteiger charge is -2.31. The van der Waals surface area contributed by atoms with E-state index >= 15 is 0 Å². The molecule has 0 fully saturated rings. The molecule has 1 atom stereocenters. The van der Waals surface area contributed by atoms with Gasteiger partial charge in [-0.15, -0.1) is 0 Å². The number of hydrogen-bond acceptors (Lipinski definition) is 2. The molecule has 0 amide bonds. The van der Waals surface area contributed by atoms with E-state index in [0.29, 0.717) is 6.42 Å². The minimum Gasteiger partial charge on any atom is -0.396 e. The predicted octanol–water partition coefficient (Wildman–Crippen LogP) is 3.61. The second-order valence-corrected chi connectivity index (χ2v) is 6.49. The highest BCUT2D eigenvalue weighted by Crippen LogP contribution is 2.24. The van der Waals surface area contributed by atoms with Crippen molar-refractivity contribution in [3.63, 3.8) is 0 Å². The van der Waals surface area contributed by atoms with E-state index in [0.717, 1.165) is 0 Å². The number of halogens is 3. The Balaban J connectivity index is 2.83. The molecule has 2 nitrogen and oxygen atoms in total. The Hall–Kier alpha value is -0.520. The maximum Gasteiger partial charge on any atom is 0.144 e. The lowest BCUT2D eigenvalue weighted by Crippen LogP contribution is -2.40. The molecule has 0 aliphatic rings. The van der Waals surface area contributed by atoms with Gasteiger partial charge in [-0.05, 0) is 39.9 Å². The first-order valence-corrected chi connectivity index (χ1v) is 7.03. The standard InChI is InChI=1S/C14H20BrF2NO/c1-14(2,3)12(6-7-19)18-8-9-11(16)5-4-10(15)13(9)17/h4-5,12,18-19H,6-8H2,1-3H3. The molecule has 2 N–H and O–H groups in total. The van der Waals surface area contributed by atoms with Gasteiger partial charge in [0.25, 0.3) is 0 Å². The van der Waals surface area contributed by atoms with Gasteiger partial charge in [-0.1, -0.05) is 20.8 Å². The topological polar surface area (TPSA) is 32.3 Å². The maximum absolute atomic E-state index is 13.8. The molecule has 0 aliphatic carbocycles. The maximum atomic E-state index is 13.8. The molecule has 0 aliphatic heterocycles. The number of aliphatic hydroxyl groups excluding tert-OH is 1. The average molecular weight is 336 g/mol. The number of rotatable bonds is 5. The lowest BCUT2D eigenvalue weighted by molar-refractivity contribution is 0.195. The van der Waals surface area contributed by atoms with Crippen LogP contribution in [0.15, 0.2) is 16.6 Å². The van der Waals surface area contributed by atoms with Gasteiger partial charge < -0.3 is 10.4 Å². The minimum atomic E-state index is -0.579. The number of benzene rings is 1. The van der Waals surface area contributed by atoms with E-state index in [9.17, 15) is 8.78 Å². The van der Waals surface area contributed by atoms with Gasteiger partial charge in [0.05, 0.1) is 4.47 Å². The zero-order chi connectivity index (χ0) is 14.6. The Morgan fingerprint density at radius 2 is 1.95 bits per heavy atom. The molecule has 1 unspecified atom stereocenters. The summed E-state index contributed by atoms with van der Waals surface area (Å²) in [5.74, 6) is -1.14. The van der Waals surface area contributed by atoms with Crippen LogP contribution < -0.4 is 5.32 Å². The van der Waals surface area contributed by atoms with Gasteiger partial charge in [0.2, 0.25) is 0 Å². The summed E-state index contributed by atoms with van der Waals surface area (Å²) in [4.78, 5) is 0. The molecule has 1 aromatic rings. The zero-order valence-electron chi connectivity index (χ0n) is 11.4. The van der Waals surface area contributed by atoms with Crippen molar-refractivity contribution in [3.8, 4) is 0 Å². The quantitative estimate of drug-likeness (QED) is 0.805. The highest BCUT2D eigenvalue weighted by atomic mass is 79.9. The summed E-state index contributed by atoms with van der Waals surface area (Å²) in [5, 5.41) is 12.2. The van der Waals surface area contributed by atoms with Crippen LogP contribution in [0.4, 0.5) is 8.78 Å². The molecule has 5 heteroatoms. The van der Waals surface area contributed by atoms with Gasteiger partial charge >= 0.3 is 0 Å². The monoisotopic (exact) mass is 335 g/mol. The fraction of sp³-hybridized carbons (Fsp3) is 0.571. The molecule has 0 aromatic heterocycles. The van der Waals surface area contributed by atoms with Crippen LogP contribution in [0.25, 0.3) is 0 Å². The third-order valence-corrected chi connectivity index (χ3v) is 3.74. The fourth-order valence-electron chi connectivity index (χ4n) is 1.93. The van der Waals surface area contributed by atoms with Gasteiger partial charge in [-0.2, -0.15) is 0 Å². The molecule has 0 bridgehead atoms. The summed E-state index contributed by atoms with van der Waals surface area (Å²) in [6.45, 7) is 6.20. The first kappa shape index (κ1) is 16.5. The van der Waals surface area contributed by atoms with E-state index < -0.39 is 11.6 Å². The molecule has 0 heterocycles. The second-order valence-electron chi connectivity index (χ2n) is 5.63. The summed E-state index contributed by atoms with van der Waals surface area (Å²) in [6.07, 6.45) is 0.542. The van der Waals surface area contributed by atoms with Crippen LogP contribution in [0.5, 0.6) is 0 Å². The van der Waals surface area contributed by atoms with E-state index in [1.807, 2.05) is 20.8 Å². The SMILES string of the molecule is CC(C)(C)C(CCO)NCc1c(F)ccc(Br)c1F. The van der Waals surface area contributed by atoms with Crippen molar-refractivity contribution in [1.82, 2.24) is 5.32 Å². The average Bonchev–Trinajstić information content (AvgIpc) is 2.31. The molecule has 19 heavy (non-hydrogen) atoms. The molecule has 0 spiro atoms. The van der Waals surface area contributed by atoms with Gasteiger partial charge in [0, 0.05) is 24.8 Å². The summed E-state index contributed by atoms with van der Waals surface area (Å²) in [5.41, 5.74) is -0.0802. The van der Waals surface area contributed by atoms with E-state index in [1.54, 1.807) is 0 Å². The highest BCUT2D eigenvalue weighted by Gasteiger charge is 2.24. The zero-order valence-corrected chi connectivity index (χ0v) is 13.0. The van der Waals surface area contributed by atoms with Crippen LogP contribution in [0.2, 0.25) is 0 Å². The van der Waals surface area contributed by atoms with Crippen LogP contribution in [0.1, 0.15) is 32.8 Å². The molecule has 1 aromatic carbocycles. The van der Waals surface area contributed by atoms with E-state index in [-0.39, 0.29) is 34.6 Å². The van der Waals surface area contributed by atoms with Gasteiger partial charge in [0.15, 0.2) is 0 Å². The number of aliphatic hydroxyl groups is 1. The minimum absolute atomic E-state index is 0.0153. The van der Waals surface area contributed by atoms with E-state index in [4.69, 9.17) is 5.11 Å². The third-order valence-electron chi connectivity index (χ3n) is 3.13. The molecule has 1 rings (SSSR count). The summed E-state index contributed by atoms with van der Waals surface area (Å²) < 4.78 is 27.7. The fourth-order valence-corrected chi connectivity index (χ4v) is 2.30. The molecule has 108 valence electrons. The van der Waals surface area contributed by atoms with Crippen LogP contribution in [0, 0.1) is 17.0 Å². The van der Waals surface area contributed by atoms with Crippen molar-refractivity contribution in [2.24, 2.45) is 5.41 Å². The highest BCUT2D eigenvalue weighted by molar-refractivity contribution is 9.10. The third kappa shape index (κ3) is 4.51. The Morgan fingerprint density at radius 1 is 1.32 bits per heavy atom. The molecular formula is C14H20BrF2NO. The first-order valence-electron chi connectivity index (χ1n) is 6.24. The Labute approximate surface area is 121 Å². The number of nitrogens with one attached hydrogen (secondary N) is 1. The molecule has 0 saturated heterocycles. The van der Waals surface area contributed by atoms with Crippen molar-refractivity contribution in [2.75, 3.05) is 6.61 Å². The van der Waals surface area contributed by atoms with Crippen molar-refractivity contribution in [2.45, 2.75) is 39.8 Å². The summed E-state index contributed by atoms with van der Waals surface area (Å²) in [6, 6.07) is 2.57. The van der Waals surface area contributed by atoms with Crippen molar-refractivity contribution in [1.29, 1.82) is 0 Å². The normalized spacial score (nSPS) is 13.6. The van der Waals surface area contributed by atoms with E-state index in [2.05, 4.69) is 21.2 Å². The predicted molar refractivity (Wildman–Crippen MR) is 75.8 cm³/mol. The Morgan fingerprint density at radius 3 is 2.47 bits per heavy atom. The summed E-state index contributed by atoms with van der Waals surface area (Å²) >= 11 is 3.05. The summed E-state index contributed by atoms with van der Waals surface area (Å²) in [7, 11) is 0. The smallest absolute Gasteiger partial charge is 0.144 e. The van der Waals surface area contributed by atoms with Crippen molar-refractivity contribution >= 4 is 15.9 Å². The van der Waals surface area contributed by atoms with Crippen molar-refractivity contribution in [3.05, 3.63) is 33.8 Å². The Kier molecular flexibility index (Phi) is 5.89. The van der Waals surface area contributed by atoms with Crippen LogP contribution in [-0.4, -0.2) is 17.8 Å². The molecular weight excluding hydrogens is 316 g/mol. The first-order chi connectivity index (χ1) is 8.77. The van der Waals surface area contributed by atoms with Crippen molar-refractivity contribution < 1.29 is 13.9 Å². The molecule has 0 radical (unpaired) electrons. The number of hydrogen-bond donors (Lipinski definition) is 2. The van der Waals surface area contributed by atoms with Crippen LogP contribution >= 0.6 is 15.9 Å². The van der Waals surface area contributed by atoms with Gasteiger partial charge in [0.1, 0.15) is 11.6 Å². The van der Waals surface area contributed by atoms with Crippen LogP contribution in [-0.2, 0) is 6.54 Å². The van der Waals surface area contributed by atoms with Gasteiger partial charge in [-0.3, -0.25) is 0 Å². The van der Waals surface area contributed by atoms with E-state index in [1.165, 1.54) is 12.1 Å². The molecule has 0 saturated carbocycles. The van der Waals surface area contributed by atoms with Gasteiger partial charge in [-0.25, -0.2) is 8.78 Å².